The number of rotatable bonds is 1. The van der Waals surface area contributed by atoms with Gasteiger partial charge in [0.2, 0.25) is 5.56 Å². The van der Waals surface area contributed by atoms with Crippen molar-refractivity contribution in [1.82, 2.24) is 4.98 Å². The summed E-state index contributed by atoms with van der Waals surface area (Å²) in [6.07, 6.45) is -10.4. The quantitative estimate of drug-likeness (QED) is 0.770. The van der Waals surface area contributed by atoms with E-state index in [0.717, 1.165) is 0 Å². The Morgan fingerprint density at radius 1 is 1.17 bits per heavy atom. The van der Waals surface area contributed by atoms with Crippen molar-refractivity contribution < 1.29 is 31.1 Å². The van der Waals surface area contributed by atoms with Crippen molar-refractivity contribution in [2.45, 2.75) is 24.8 Å². The summed E-state index contributed by atoms with van der Waals surface area (Å²) >= 11 is 0. The topological polar surface area (TPSA) is 54.1 Å². The molecule has 0 amide bonds. The highest BCUT2D eigenvalue weighted by atomic mass is 19.4. The molecule has 2 N–H and O–H groups in total. The number of nitrogens with one attached hydrogen (secondary N) is 2. The van der Waals surface area contributed by atoms with Gasteiger partial charge in [0.1, 0.15) is 6.61 Å². The molecule has 1 aliphatic heterocycles. The number of H-pyrrole nitrogens is 1. The molecule has 130 valence electrons. The monoisotopic (exact) mass is 352 g/mol. The molecule has 1 aromatic heterocycles. The maximum Gasteiger partial charge on any atom is 0.417 e. The Bertz CT molecular complexity index is 840. The first-order valence-electron chi connectivity index (χ1n) is 6.78. The molecule has 2 heterocycles. The van der Waals surface area contributed by atoms with Gasteiger partial charge in [0.05, 0.1) is 34.6 Å². The lowest BCUT2D eigenvalue weighted by Gasteiger charge is -2.29. The van der Waals surface area contributed by atoms with Crippen LogP contribution in [0.5, 0.6) is 5.75 Å². The standard InChI is InChI=1S/C14H10F6N2O2/c15-13(16,17)4-6-5-24-12-9(21-6)2-1-8-11(12)7(14(18,19)20)3-10(23)22-8/h1-3,6,21H,4-5H2,(H,22,23). The van der Waals surface area contributed by atoms with Crippen molar-refractivity contribution in [2.24, 2.45) is 0 Å². The molecule has 10 heteroatoms. The van der Waals surface area contributed by atoms with Crippen molar-refractivity contribution >= 4 is 16.6 Å². The minimum absolute atomic E-state index is 0.0144. The SMILES string of the molecule is O=c1cc(C(F)(F)F)c2c3c(ccc2[nH]1)NC(CC(F)(F)F)CO3. The maximum absolute atomic E-state index is 13.2. The first kappa shape index (κ1) is 16.5. The molecule has 0 radical (unpaired) electrons. The number of anilines is 1. The van der Waals surface area contributed by atoms with E-state index in [-0.39, 0.29) is 17.0 Å². The van der Waals surface area contributed by atoms with Gasteiger partial charge in [0.15, 0.2) is 5.75 Å². The number of aromatic nitrogens is 1. The van der Waals surface area contributed by atoms with Crippen LogP contribution in [0.25, 0.3) is 10.9 Å². The second-order valence-electron chi connectivity index (χ2n) is 5.38. The summed E-state index contributed by atoms with van der Waals surface area (Å²) in [6.45, 7) is -0.442. The van der Waals surface area contributed by atoms with E-state index in [4.69, 9.17) is 4.74 Å². The lowest BCUT2D eigenvalue weighted by molar-refractivity contribution is -0.138. The number of alkyl halides is 6. The summed E-state index contributed by atoms with van der Waals surface area (Å²) in [5.41, 5.74) is -2.23. The molecule has 1 aromatic carbocycles. The smallest absolute Gasteiger partial charge is 0.417 e. The Morgan fingerprint density at radius 2 is 1.88 bits per heavy atom. The van der Waals surface area contributed by atoms with Crippen LogP contribution in [-0.4, -0.2) is 23.8 Å². The maximum atomic E-state index is 13.2. The second kappa shape index (κ2) is 5.32. The van der Waals surface area contributed by atoms with Crippen molar-refractivity contribution in [1.29, 1.82) is 0 Å². The number of pyridine rings is 1. The van der Waals surface area contributed by atoms with E-state index in [9.17, 15) is 31.1 Å². The van der Waals surface area contributed by atoms with Gasteiger partial charge in [-0.25, -0.2) is 0 Å². The zero-order chi connectivity index (χ0) is 17.7. The van der Waals surface area contributed by atoms with Crippen LogP contribution in [0.1, 0.15) is 12.0 Å². The molecule has 1 atom stereocenters. The third kappa shape index (κ3) is 3.13. The molecule has 1 unspecified atom stereocenters. The fraction of sp³-hybridized carbons (Fsp3) is 0.357. The summed E-state index contributed by atoms with van der Waals surface area (Å²) in [7, 11) is 0. The highest BCUT2D eigenvalue weighted by Gasteiger charge is 2.38. The number of ether oxygens (including phenoxy) is 1. The zero-order valence-corrected chi connectivity index (χ0v) is 11.8. The average Bonchev–Trinajstić information content (AvgIpc) is 2.43. The van der Waals surface area contributed by atoms with Crippen LogP contribution in [0.2, 0.25) is 0 Å². The fourth-order valence-electron chi connectivity index (χ4n) is 2.65. The molecule has 0 spiro atoms. The molecule has 0 saturated heterocycles. The Balaban J connectivity index is 2.12. The van der Waals surface area contributed by atoms with E-state index in [0.29, 0.717) is 6.07 Å². The molecule has 24 heavy (non-hydrogen) atoms. The number of benzene rings is 1. The van der Waals surface area contributed by atoms with Crippen LogP contribution in [-0.2, 0) is 6.18 Å². The zero-order valence-electron chi connectivity index (χ0n) is 11.8. The molecular formula is C14H10F6N2O2. The normalized spacial score (nSPS) is 18.0. The molecule has 0 aliphatic carbocycles. The Morgan fingerprint density at radius 3 is 2.50 bits per heavy atom. The number of aromatic amines is 1. The first-order valence-corrected chi connectivity index (χ1v) is 6.78. The van der Waals surface area contributed by atoms with E-state index in [1.54, 1.807) is 0 Å². The van der Waals surface area contributed by atoms with E-state index in [2.05, 4.69) is 10.3 Å². The van der Waals surface area contributed by atoms with Gasteiger partial charge >= 0.3 is 12.4 Å². The third-order valence-electron chi connectivity index (χ3n) is 3.53. The minimum atomic E-state index is -4.81. The van der Waals surface area contributed by atoms with E-state index in [1.807, 2.05) is 0 Å². The van der Waals surface area contributed by atoms with Gasteiger partial charge in [0.25, 0.3) is 0 Å². The highest BCUT2D eigenvalue weighted by Crippen LogP contribution is 2.43. The van der Waals surface area contributed by atoms with Gasteiger partial charge in [0, 0.05) is 6.07 Å². The van der Waals surface area contributed by atoms with Gasteiger partial charge in [-0.2, -0.15) is 26.3 Å². The van der Waals surface area contributed by atoms with Crippen LogP contribution >= 0.6 is 0 Å². The number of fused-ring (bicyclic) bond motifs is 3. The largest absolute Gasteiger partial charge is 0.489 e. The van der Waals surface area contributed by atoms with Crippen molar-refractivity contribution in [3.05, 3.63) is 34.1 Å². The van der Waals surface area contributed by atoms with Crippen molar-refractivity contribution in [3.8, 4) is 5.75 Å². The molecule has 0 fully saturated rings. The lowest BCUT2D eigenvalue weighted by Crippen LogP contribution is -2.35. The number of hydrogen-bond acceptors (Lipinski definition) is 3. The van der Waals surface area contributed by atoms with E-state index < -0.39 is 47.9 Å². The first-order chi connectivity index (χ1) is 11.0. The summed E-state index contributed by atoms with van der Waals surface area (Å²) in [5, 5.41) is 2.14. The van der Waals surface area contributed by atoms with Crippen molar-refractivity contribution in [2.75, 3.05) is 11.9 Å². The summed E-state index contributed by atoms with van der Waals surface area (Å²) in [4.78, 5) is 13.6. The predicted octanol–water partition coefficient (Wildman–Crippen LogP) is 3.67. The molecule has 4 nitrogen and oxygen atoms in total. The predicted molar refractivity (Wildman–Crippen MR) is 73.1 cm³/mol. The van der Waals surface area contributed by atoms with Crippen molar-refractivity contribution in [3.63, 3.8) is 0 Å². The Hall–Kier alpha value is -2.39. The number of hydrogen-bond donors (Lipinski definition) is 2. The van der Waals surface area contributed by atoms with Crippen LogP contribution in [0.15, 0.2) is 23.0 Å². The number of halogens is 6. The average molecular weight is 352 g/mol. The van der Waals surface area contributed by atoms with Gasteiger partial charge < -0.3 is 15.0 Å². The van der Waals surface area contributed by atoms with E-state index >= 15 is 0 Å². The molecule has 3 rings (SSSR count). The fourth-order valence-corrected chi connectivity index (χ4v) is 2.65. The third-order valence-corrected chi connectivity index (χ3v) is 3.53. The Labute approximate surface area is 130 Å². The van der Waals surface area contributed by atoms with E-state index in [1.165, 1.54) is 12.1 Å². The minimum Gasteiger partial charge on any atom is -0.489 e. The van der Waals surface area contributed by atoms with Gasteiger partial charge in [-0.15, -0.1) is 0 Å². The second-order valence-corrected chi connectivity index (χ2v) is 5.38. The molecule has 2 aromatic rings. The van der Waals surface area contributed by atoms with Crippen LogP contribution in [0.4, 0.5) is 32.0 Å². The molecule has 0 bridgehead atoms. The summed E-state index contributed by atoms with van der Waals surface area (Å²) in [5.74, 6) is -0.227. The molecule has 0 saturated carbocycles. The summed E-state index contributed by atoms with van der Waals surface area (Å²) in [6, 6.07) is 1.76. The van der Waals surface area contributed by atoms with Gasteiger partial charge in [-0.05, 0) is 12.1 Å². The molecule has 1 aliphatic rings. The highest BCUT2D eigenvalue weighted by molar-refractivity contribution is 5.94. The lowest BCUT2D eigenvalue weighted by atomic mass is 10.0. The van der Waals surface area contributed by atoms with Crippen LogP contribution < -0.4 is 15.6 Å². The van der Waals surface area contributed by atoms with Gasteiger partial charge in [-0.3, -0.25) is 4.79 Å². The van der Waals surface area contributed by atoms with Crippen LogP contribution in [0, 0.1) is 0 Å². The van der Waals surface area contributed by atoms with Gasteiger partial charge in [-0.1, -0.05) is 0 Å². The Kier molecular flexibility index (Phi) is 3.65. The van der Waals surface area contributed by atoms with Crippen LogP contribution in [0.3, 0.4) is 0 Å². The molecular weight excluding hydrogens is 342 g/mol. The summed E-state index contributed by atoms with van der Waals surface area (Å²) < 4.78 is 82.1.